The summed E-state index contributed by atoms with van der Waals surface area (Å²) in [6.07, 6.45) is -6.11. The smallest absolute Gasteiger partial charge is 0.338 e. The van der Waals surface area contributed by atoms with E-state index in [1.807, 2.05) is 0 Å². The zero-order chi connectivity index (χ0) is 13.1. The number of hydrogen-bond donors (Lipinski definition) is 2. The number of hydrogen-bond acceptors (Lipinski definition) is 5. The first-order valence-corrected chi connectivity index (χ1v) is 5.47. The number of alkyl halides is 1. The van der Waals surface area contributed by atoms with Crippen LogP contribution in [0.1, 0.15) is 10.4 Å². The van der Waals surface area contributed by atoms with Crippen molar-refractivity contribution in [2.75, 3.05) is 6.61 Å². The summed E-state index contributed by atoms with van der Waals surface area (Å²) in [5, 5.41) is 18.2. The number of esters is 1. The summed E-state index contributed by atoms with van der Waals surface area (Å²) < 4.78 is 22.9. The third-order valence-electron chi connectivity index (χ3n) is 2.68. The van der Waals surface area contributed by atoms with Crippen LogP contribution in [0.25, 0.3) is 0 Å². The van der Waals surface area contributed by atoms with Gasteiger partial charge >= 0.3 is 5.97 Å². The van der Waals surface area contributed by atoms with Crippen LogP contribution in [0.15, 0.2) is 30.3 Å². The summed E-state index contributed by atoms with van der Waals surface area (Å²) in [6, 6.07) is 8.23. The first kappa shape index (κ1) is 12.9. The highest BCUT2D eigenvalue weighted by Gasteiger charge is 2.43. The Labute approximate surface area is 103 Å². The second-order valence-electron chi connectivity index (χ2n) is 3.96. The van der Waals surface area contributed by atoms with Gasteiger partial charge in [0.1, 0.15) is 18.8 Å². The standard InChI is InChI=1S/C12H13FO5/c13-9-8(18-12(16)10(9)14)6-17-11(15)7-4-2-1-3-5-7/h1-5,8-10,12,14,16H,6H2. The van der Waals surface area contributed by atoms with Crippen LogP contribution in [-0.2, 0) is 9.47 Å². The Bertz CT molecular complexity index is 410. The van der Waals surface area contributed by atoms with E-state index in [2.05, 4.69) is 0 Å². The second-order valence-corrected chi connectivity index (χ2v) is 3.96. The fourth-order valence-electron chi connectivity index (χ4n) is 1.66. The Morgan fingerprint density at radius 2 is 2.00 bits per heavy atom. The largest absolute Gasteiger partial charge is 0.459 e. The van der Waals surface area contributed by atoms with Crippen molar-refractivity contribution in [2.45, 2.75) is 24.7 Å². The molecule has 4 unspecified atom stereocenters. The lowest BCUT2D eigenvalue weighted by Crippen LogP contribution is -2.31. The average molecular weight is 256 g/mol. The molecule has 1 aliphatic heterocycles. The molecule has 1 aromatic carbocycles. The first-order valence-electron chi connectivity index (χ1n) is 5.47. The minimum atomic E-state index is -1.77. The van der Waals surface area contributed by atoms with Gasteiger partial charge in [-0.05, 0) is 12.1 Å². The minimum absolute atomic E-state index is 0.340. The predicted molar refractivity (Wildman–Crippen MR) is 58.5 cm³/mol. The van der Waals surface area contributed by atoms with Crippen molar-refractivity contribution in [1.29, 1.82) is 0 Å². The molecule has 1 fully saturated rings. The van der Waals surface area contributed by atoms with E-state index in [9.17, 15) is 9.18 Å². The van der Waals surface area contributed by atoms with Crippen molar-refractivity contribution in [2.24, 2.45) is 0 Å². The average Bonchev–Trinajstić information content (AvgIpc) is 2.64. The van der Waals surface area contributed by atoms with Crippen molar-refractivity contribution < 1.29 is 28.9 Å². The van der Waals surface area contributed by atoms with E-state index >= 15 is 0 Å². The summed E-state index contributed by atoms with van der Waals surface area (Å²) in [5.41, 5.74) is 0.340. The van der Waals surface area contributed by atoms with Gasteiger partial charge in [0.25, 0.3) is 0 Å². The molecule has 6 heteroatoms. The van der Waals surface area contributed by atoms with E-state index in [0.29, 0.717) is 5.56 Å². The monoisotopic (exact) mass is 256 g/mol. The normalized spacial score (nSPS) is 31.3. The molecule has 5 nitrogen and oxygen atoms in total. The van der Waals surface area contributed by atoms with Crippen molar-refractivity contribution >= 4 is 5.97 Å². The Morgan fingerprint density at radius 3 is 2.56 bits per heavy atom. The van der Waals surface area contributed by atoms with Crippen LogP contribution >= 0.6 is 0 Å². The van der Waals surface area contributed by atoms with Gasteiger partial charge < -0.3 is 19.7 Å². The molecule has 0 radical (unpaired) electrons. The molecule has 0 saturated carbocycles. The summed E-state index contributed by atoms with van der Waals surface area (Å²) in [5.74, 6) is -0.609. The van der Waals surface area contributed by atoms with Gasteiger partial charge in [0.2, 0.25) is 0 Å². The maximum absolute atomic E-state index is 13.4. The predicted octanol–water partition coefficient (Wildman–Crippen LogP) is 0.260. The van der Waals surface area contributed by atoms with Gasteiger partial charge in [0.05, 0.1) is 5.56 Å². The number of carbonyl (C=O) groups excluding carboxylic acids is 1. The molecule has 0 amide bonds. The van der Waals surface area contributed by atoms with E-state index in [-0.39, 0.29) is 6.61 Å². The molecule has 18 heavy (non-hydrogen) atoms. The molecule has 0 spiro atoms. The number of aliphatic hydroxyl groups excluding tert-OH is 2. The molecule has 0 bridgehead atoms. The number of ether oxygens (including phenoxy) is 2. The van der Waals surface area contributed by atoms with E-state index in [0.717, 1.165) is 0 Å². The lowest BCUT2D eigenvalue weighted by Gasteiger charge is -2.12. The first-order chi connectivity index (χ1) is 8.59. The molecule has 0 aliphatic carbocycles. The van der Waals surface area contributed by atoms with Crippen molar-refractivity contribution in [3.63, 3.8) is 0 Å². The highest BCUT2D eigenvalue weighted by Crippen LogP contribution is 2.22. The van der Waals surface area contributed by atoms with Crippen LogP contribution in [-0.4, -0.2) is 47.5 Å². The topological polar surface area (TPSA) is 76.0 Å². The van der Waals surface area contributed by atoms with Crippen molar-refractivity contribution in [3.05, 3.63) is 35.9 Å². The lowest BCUT2D eigenvalue weighted by atomic mass is 10.2. The molecule has 2 rings (SSSR count). The van der Waals surface area contributed by atoms with Crippen LogP contribution in [0.5, 0.6) is 0 Å². The maximum Gasteiger partial charge on any atom is 0.338 e. The third kappa shape index (κ3) is 2.66. The summed E-state index contributed by atoms with van der Waals surface area (Å²) in [4.78, 5) is 11.5. The van der Waals surface area contributed by atoms with E-state index < -0.39 is 30.6 Å². The van der Waals surface area contributed by atoms with Crippen LogP contribution in [0.4, 0.5) is 4.39 Å². The van der Waals surface area contributed by atoms with Crippen molar-refractivity contribution in [1.82, 2.24) is 0 Å². The quantitative estimate of drug-likeness (QED) is 0.759. The summed E-state index contributed by atoms with van der Waals surface area (Å²) >= 11 is 0. The molecule has 0 aromatic heterocycles. The number of rotatable bonds is 3. The molecular weight excluding hydrogens is 243 g/mol. The molecule has 4 atom stereocenters. The molecule has 98 valence electrons. The van der Waals surface area contributed by atoms with Crippen LogP contribution in [0, 0.1) is 0 Å². The van der Waals surface area contributed by atoms with E-state index in [4.69, 9.17) is 19.7 Å². The zero-order valence-corrected chi connectivity index (χ0v) is 9.40. The van der Waals surface area contributed by atoms with Crippen LogP contribution in [0.2, 0.25) is 0 Å². The van der Waals surface area contributed by atoms with Gasteiger partial charge in [-0.15, -0.1) is 0 Å². The molecule has 2 N–H and O–H groups in total. The highest BCUT2D eigenvalue weighted by molar-refractivity contribution is 5.89. The molecular formula is C12H13FO5. The fraction of sp³-hybridized carbons (Fsp3) is 0.417. The van der Waals surface area contributed by atoms with Gasteiger partial charge in [-0.1, -0.05) is 18.2 Å². The Hall–Kier alpha value is -1.50. The fourth-order valence-corrected chi connectivity index (χ4v) is 1.66. The van der Waals surface area contributed by atoms with Crippen molar-refractivity contribution in [3.8, 4) is 0 Å². The summed E-state index contributed by atoms with van der Waals surface area (Å²) in [7, 11) is 0. The van der Waals surface area contributed by atoms with Gasteiger partial charge in [0.15, 0.2) is 12.5 Å². The van der Waals surface area contributed by atoms with Gasteiger partial charge in [-0.25, -0.2) is 9.18 Å². The lowest BCUT2D eigenvalue weighted by molar-refractivity contribution is -0.133. The Balaban J connectivity index is 1.88. The number of carbonyl (C=O) groups is 1. The van der Waals surface area contributed by atoms with Gasteiger partial charge in [-0.2, -0.15) is 0 Å². The second kappa shape index (κ2) is 5.43. The van der Waals surface area contributed by atoms with E-state index in [1.54, 1.807) is 30.3 Å². The molecule has 1 aliphatic rings. The Morgan fingerprint density at radius 1 is 1.33 bits per heavy atom. The molecule has 1 heterocycles. The van der Waals surface area contributed by atoms with Crippen LogP contribution in [0.3, 0.4) is 0 Å². The number of aliphatic hydroxyl groups is 2. The molecule has 1 aromatic rings. The van der Waals surface area contributed by atoms with E-state index in [1.165, 1.54) is 0 Å². The minimum Gasteiger partial charge on any atom is -0.459 e. The SMILES string of the molecule is O=C(OCC1OC(O)C(O)C1F)c1ccccc1. The zero-order valence-electron chi connectivity index (χ0n) is 9.40. The Kier molecular flexibility index (Phi) is 3.90. The molecule has 1 saturated heterocycles. The van der Waals surface area contributed by atoms with Gasteiger partial charge in [-0.3, -0.25) is 0 Å². The third-order valence-corrected chi connectivity index (χ3v) is 2.68. The summed E-state index contributed by atoms with van der Waals surface area (Å²) in [6.45, 7) is -0.358. The van der Waals surface area contributed by atoms with Gasteiger partial charge in [0, 0.05) is 0 Å². The number of benzene rings is 1. The number of halogens is 1. The maximum atomic E-state index is 13.4. The van der Waals surface area contributed by atoms with Crippen LogP contribution < -0.4 is 0 Å². The highest BCUT2D eigenvalue weighted by atomic mass is 19.1.